The lowest BCUT2D eigenvalue weighted by molar-refractivity contribution is -0.123. The van der Waals surface area contributed by atoms with Crippen molar-refractivity contribution in [2.75, 3.05) is 11.9 Å². The highest BCUT2D eigenvalue weighted by atomic mass is 16.3. The summed E-state index contributed by atoms with van der Waals surface area (Å²) in [5, 5.41) is 16.8. The molecular formula is C17H24N2O2. The molecule has 0 aromatic heterocycles. The Labute approximate surface area is 125 Å². The molecule has 0 saturated heterocycles. The summed E-state index contributed by atoms with van der Waals surface area (Å²) in [6.45, 7) is 2.53. The lowest BCUT2D eigenvalue weighted by atomic mass is 9.79. The molecule has 1 aromatic carbocycles. The first-order chi connectivity index (χ1) is 10.1. The highest BCUT2D eigenvalue weighted by molar-refractivity contribution is 5.87. The van der Waals surface area contributed by atoms with Crippen LogP contribution in [0.4, 0.5) is 5.69 Å². The van der Waals surface area contributed by atoms with Gasteiger partial charge in [-0.15, -0.1) is 0 Å². The molecule has 0 bridgehead atoms. The van der Waals surface area contributed by atoms with Crippen LogP contribution in [-0.4, -0.2) is 29.2 Å². The van der Waals surface area contributed by atoms with E-state index in [2.05, 4.69) is 17.6 Å². The Hall–Kier alpha value is -1.55. The Morgan fingerprint density at radius 3 is 3.05 bits per heavy atom. The maximum absolute atomic E-state index is 12.3. The number of nitrogens with one attached hydrogen (secondary N) is 2. The summed E-state index contributed by atoms with van der Waals surface area (Å²) < 4.78 is 0. The summed E-state index contributed by atoms with van der Waals surface area (Å²) in [5.41, 5.74) is 1.50. The Morgan fingerprint density at radius 1 is 1.48 bits per heavy atom. The van der Waals surface area contributed by atoms with Crippen LogP contribution in [0.15, 0.2) is 24.3 Å². The first-order valence-electron chi connectivity index (χ1n) is 7.90. The molecule has 1 aliphatic heterocycles. The normalized spacial score (nSPS) is 31.3. The van der Waals surface area contributed by atoms with Gasteiger partial charge in [0.15, 0.2) is 0 Å². The number of rotatable bonds is 3. The zero-order valence-electron chi connectivity index (χ0n) is 12.6. The summed E-state index contributed by atoms with van der Waals surface area (Å²) >= 11 is 0. The van der Waals surface area contributed by atoms with Crippen molar-refractivity contribution in [2.24, 2.45) is 5.92 Å². The van der Waals surface area contributed by atoms with Crippen molar-refractivity contribution >= 4 is 11.6 Å². The molecule has 0 spiro atoms. The Morgan fingerprint density at radius 2 is 2.29 bits per heavy atom. The summed E-state index contributed by atoms with van der Waals surface area (Å²) in [6, 6.07) is 7.79. The third kappa shape index (κ3) is 3.21. The van der Waals surface area contributed by atoms with E-state index in [1.807, 2.05) is 24.3 Å². The monoisotopic (exact) mass is 288 g/mol. The number of hydrogen-bond donors (Lipinski definition) is 3. The minimum Gasteiger partial charge on any atom is -0.388 e. The molecule has 4 heteroatoms. The molecule has 1 heterocycles. The Balaban J connectivity index is 1.54. The third-order valence-corrected chi connectivity index (χ3v) is 4.75. The van der Waals surface area contributed by atoms with Gasteiger partial charge in [0.2, 0.25) is 5.91 Å². The van der Waals surface area contributed by atoms with Gasteiger partial charge in [0.1, 0.15) is 6.04 Å². The average molecular weight is 288 g/mol. The number of benzene rings is 1. The zero-order valence-corrected chi connectivity index (χ0v) is 12.6. The van der Waals surface area contributed by atoms with Gasteiger partial charge < -0.3 is 15.7 Å². The second-order valence-corrected chi connectivity index (χ2v) is 6.70. The fourth-order valence-electron chi connectivity index (χ4n) is 3.62. The van der Waals surface area contributed by atoms with Gasteiger partial charge in [0, 0.05) is 18.7 Å². The number of hydrogen-bond acceptors (Lipinski definition) is 3. The summed E-state index contributed by atoms with van der Waals surface area (Å²) in [6.07, 6.45) is 4.51. The van der Waals surface area contributed by atoms with Gasteiger partial charge in [-0.05, 0) is 30.4 Å². The number of para-hydroxylation sites is 1. The number of amides is 1. The van der Waals surface area contributed by atoms with E-state index in [1.165, 1.54) is 12.0 Å². The minimum absolute atomic E-state index is 0.0159. The quantitative estimate of drug-likeness (QED) is 0.798. The van der Waals surface area contributed by atoms with Crippen LogP contribution < -0.4 is 10.6 Å². The number of aliphatic hydroxyl groups is 1. The van der Waals surface area contributed by atoms with Crippen molar-refractivity contribution in [3.63, 3.8) is 0 Å². The van der Waals surface area contributed by atoms with Crippen molar-refractivity contribution in [3.05, 3.63) is 29.8 Å². The van der Waals surface area contributed by atoms with Crippen LogP contribution in [0, 0.1) is 5.92 Å². The highest BCUT2D eigenvalue weighted by Gasteiger charge is 2.34. The van der Waals surface area contributed by atoms with Gasteiger partial charge in [-0.3, -0.25) is 4.79 Å². The molecule has 3 N–H and O–H groups in total. The fourth-order valence-corrected chi connectivity index (χ4v) is 3.62. The topological polar surface area (TPSA) is 61.4 Å². The van der Waals surface area contributed by atoms with Gasteiger partial charge >= 0.3 is 0 Å². The molecule has 114 valence electrons. The number of anilines is 1. The summed E-state index contributed by atoms with van der Waals surface area (Å²) in [4.78, 5) is 12.3. The van der Waals surface area contributed by atoms with E-state index >= 15 is 0 Å². The van der Waals surface area contributed by atoms with E-state index in [4.69, 9.17) is 0 Å². The minimum atomic E-state index is -0.723. The lowest BCUT2D eigenvalue weighted by Crippen LogP contribution is -2.49. The van der Waals surface area contributed by atoms with Crippen LogP contribution in [0.3, 0.4) is 0 Å². The van der Waals surface area contributed by atoms with Crippen molar-refractivity contribution in [2.45, 2.75) is 50.7 Å². The molecule has 1 aliphatic carbocycles. The van der Waals surface area contributed by atoms with Gasteiger partial charge in [-0.2, -0.15) is 0 Å². The molecule has 0 radical (unpaired) electrons. The third-order valence-electron chi connectivity index (χ3n) is 4.75. The van der Waals surface area contributed by atoms with Crippen molar-refractivity contribution < 1.29 is 9.90 Å². The van der Waals surface area contributed by atoms with E-state index in [-0.39, 0.29) is 11.9 Å². The first-order valence-corrected chi connectivity index (χ1v) is 7.90. The second-order valence-electron chi connectivity index (χ2n) is 6.70. The zero-order chi connectivity index (χ0) is 14.9. The van der Waals surface area contributed by atoms with E-state index in [1.54, 1.807) is 0 Å². The van der Waals surface area contributed by atoms with Crippen LogP contribution in [0.25, 0.3) is 0 Å². The first kappa shape index (κ1) is 14.4. The van der Waals surface area contributed by atoms with E-state index in [9.17, 15) is 9.90 Å². The van der Waals surface area contributed by atoms with Crippen molar-refractivity contribution in [1.29, 1.82) is 0 Å². The van der Waals surface area contributed by atoms with Crippen molar-refractivity contribution in [3.8, 4) is 0 Å². The smallest absolute Gasteiger partial charge is 0.242 e. The van der Waals surface area contributed by atoms with Crippen LogP contribution in [0.1, 0.15) is 38.2 Å². The molecule has 3 atom stereocenters. The second kappa shape index (κ2) is 5.68. The Kier molecular flexibility index (Phi) is 3.89. The molecule has 1 fully saturated rings. The number of carbonyl (C=O) groups excluding carboxylic acids is 1. The molecule has 1 saturated carbocycles. The summed E-state index contributed by atoms with van der Waals surface area (Å²) in [7, 11) is 0. The molecule has 1 aromatic rings. The van der Waals surface area contributed by atoms with Crippen molar-refractivity contribution in [1.82, 2.24) is 5.32 Å². The van der Waals surface area contributed by atoms with Crippen LogP contribution in [-0.2, 0) is 11.2 Å². The maximum Gasteiger partial charge on any atom is 0.242 e. The van der Waals surface area contributed by atoms with E-state index < -0.39 is 5.60 Å². The predicted octanol–water partition coefficient (Wildman–Crippen LogP) is 2.08. The molecule has 4 nitrogen and oxygen atoms in total. The number of carbonyl (C=O) groups is 1. The summed E-state index contributed by atoms with van der Waals surface area (Å²) in [5.74, 6) is 0.521. The molecule has 1 amide bonds. The SMILES string of the molecule is CC1CCCC(O)(CNC(=O)C2Cc3ccccc3N2)C1. The largest absolute Gasteiger partial charge is 0.388 e. The molecule has 2 aliphatic rings. The van der Waals surface area contributed by atoms with E-state index in [0.29, 0.717) is 12.5 Å². The maximum atomic E-state index is 12.3. The average Bonchev–Trinajstić information content (AvgIpc) is 2.88. The molecule has 3 rings (SSSR count). The van der Waals surface area contributed by atoms with Crippen LogP contribution in [0.5, 0.6) is 0 Å². The standard InChI is InChI=1S/C17H24N2O2/c1-12-5-4-8-17(21,10-12)11-18-16(20)15-9-13-6-2-3-7-14(13)19-15/h2-3,6-7,12,15,19,21H,4-5,8-11H2,1H3,(H,18,20). The van der Waals surface area contributed by atoms with Crippen LogP contribution in [0.2, 0.25) is 0 Å². The van der Waals surface area contributed by atoms with Gasteiger partial charge in [-0.1, -0.05) is 38.0 Å². The molecule has 3 unspecified atom stereocenters. The fraction of sp³-hybridized carbons (Fsp3) is 0.588. The van der Waals surface area contributed by atoms with Crippen LogP contribution >= 0.6 is 0 Å². The lowest BCUT2D eigenvalue weighted by Gasteiger charge is -2.35. The molecular weight excluding hydrogens is 264 g/mol. The van der Waals surface area contributed by atoms with Gasteiger partial charge in [0.25, 0.3) is 0 Å². The van der Waals surface area contributed by atoms with Gasteiger partial charge in [-0.25, -0.2) is 0 Å². The predicted molar refractivity (Wildman–Crippen MR) is 83.1 cm³/mol. The van der Waals surface area contributed by atoms with Gasteiger partial charge in [0.05, 0.1) is 5.60 Å². The number of fused-ring (bicyclic) bond motifs is 1. The highest BCUT2D eigenvalue weighted by Crippen LogP contribution is 2.32. The molecule has 21 heavy (non-hydrogen) atoms. The Bertz CT molecular complexity index is 506. The van der Waals surface area contributed by atoms with E-state index in [0.717, 1.165) is 31.4 Å².